The van der Waals surface area contributed by atoms with Gasteiger partial charge in [0.2, 0.25) is 0 Å². The largest absolute Gasteiger partial charge is 0.504 e. The van der Waals surface area contributed by atoms with E-state index in [9.17, 15) is 14.7 Å². The monoisotopic (exact) mass is 405 g/mol. The number of phenols is 1. The van der Waals surface area contributed by atoms with Gasteiger partial charge in [-0.2, -0.15) is 5.10 Å². The first-order valence-corrected chi connectivity index (χ1v) is 7.13. The molecule has 0 aliphatic heterocycles. The highest BCUT2D eigenvalue weighted by Gasteiger charge is 2.13. The van der Waals surface area contributed by atoms with Crippen molar-refractivity contribution in [2.45, 2.75) is 19.9 Å². The van der Waals surface area contributed by atoms with Crippen LogP contribution in [-0.2, 0) is 9.59 Å². The Morgan fingerprint density at radius 3 is 2.62 bits per heavy atom. The second-order valence-corrected chi connectivity index (χ2v) is 5.54. The lowest BCUT2D eigenvalue weighted by molar-refractivity contribution is -0.139. The third-order valence-corrected chi connectivity index (χ3v) is 3.10. The van der Waals surface area contributed by atoms with Gasteiger partial charge in [0.15, 0.2) is 11.5 Å². The molecule has 0 aliphatic carbocycles. The summed E-state index contributed by atoms with van der Waals surface area (Å²) in [5.41, 5.74) is 2.73. The lowest BCUT2D eigenvalue weighted by atomic mass is 10.2. The molecule has 0 saturated carbocycles. The molecule has 2 amide bonds. The van der Waals surface area contributed by atoms with Crippen LogP contribution < -0.4 is 15.5 Å². The molecule has 0 bridgehead atoms. The lowest BCUT2D eigenvalue weighted by Gasteiger charge is -2.07. The molecule has 0 atom stereocenters. The minimum atomic E-state index is -0.847. The van der Waals surface area contributed by atoms with Gasteiger partial charge in [0, 0.05) is 6.04 Å². The van der Waals surface area contributed by atoms with Crippen LogP contribution in [0.3, 0.4) is 0 Å². The molecule has 7 nitrogen and oxygen atoms in total. The van der Waals surface area contributed by atoms with Gasteiger partial charge in [-0.1, -0.05) is 0 Å². The van der Waals surface area contributed by atoms with Gasteiger partial charge in [0.05, 0.1) is 16.9 Å². The zero-order chi connectivity index (χ0) is 16.0. The van der Waals surface area contributed by atoms with Crippen LogP contribution in [0.4, 0.5) is 0 Å². The maximum Gasteiger partial charge on any atom is 0.329 e. The van der Waals surface area contributed by atoms with Gasteiger partial charge in [-0.15, -0.1) is 0 Å². The third kappa shape index (κ3) is 5.21. The highest BCUT2D eigenvalue weighted by molar-refractivity contribution is 14.1. The van der Waals surface area contributed by atoms with Crippen molar-refractivity contribution in [3.8, 4) is 11.5 Å². The maximum absolute atomic E-state index is 11.4. The molecule has 1 rings (SSSR count). The highest BCUT2D eigenvalue weighted by atomic mass is 127. The summed E-state index contributed by atoms with van der Waals surface area (Å²) in [6, 6.07) is 3.08. The molecule has 1 aromatic rings. The SMILES string of the molecule is COc1cc(/C=N\NC(=O)C(=O)NC(C)C)cc(I)c1O. The number of hydrogen-bond acceptors (Lipinski definition) is 5. The molecule has 21 heavy (non-hydrogen) atoms. The van der Waals surface area contributed by atoms with E-state index in [2.05, 4.69) is 15.8 Å². The van der Waals surface area contributed by atoms with Crippen molar-refractivity contribution in [2.75, 3.05) is 7.11 Å². The van der Waals surface area contributed by atoms with Crippen molar-refractivity contribution >= 4 is 40.6 Å². The van der Waals surface area contributed by atoms with E-state index in [1.54, 1.807) is 26.0 Å². The molecule has 0 aromatic heterocycles. The van der Waals surface area contributed by atoms with Crippen LogP contribution >= 0.6 is 22.6 Å². The standard InChI is InChI=1S/C13H16IN3O4/c1-7(2)16-12(19)13(20)17-15-6-8-4-9(14)11(18)10(5-8)21-3/h4-7,18H,1-3H3,(H,16,19)(H,17,20)/b15-6-. The number of rotatable bonds is 4. The minimum absolute atomic E-state index is 0.0376. The quantitative estimate of drug-likeness (QED) is 0.301. The number of methoxy groups -OCH3 is 1. The first-order chi connectivity index (χ1) is 9.85. The van der Waals surface area contributed by atoms with Crippen LogP contribution in [0.1, 0.15) is 19.4 Å². The van der Waals surface area contributed by atoms with Crippen molar-refractivity contribution in [1.29, 1.82) is 0 Å². The van der Waals surface area contributed by atoms with E-state index >= 15 is 0 Å². The number of amides is 2. The van der Waals surface area contributed by atoms with Gasteiger partial charge in [-0.3, -0.25) is 9.59 Å². The summed E-state index contributed by atoms with van der Waals surface area (Å²) in [7, 11) is 1.43. The van der Waals surface area contributed by atoms with E-state index in [4.69, 9.17) is 4.74 Å². The van der Waals surface area contributed by atoms with Crippen LogP contribution in [0.25, 0.3) is 0 Å². The van der Waals surface area contributed by atoms with Crippen molar-refractivity contribution in [3.05, 3.63) is 21.3 Å². The third-order valence-electron chi connectivity index (χ3n) is 2.28. The average molecular weight is 405 g/mol. The Balaban J connectivity index is 2.72. The fraction of sp³-hybridized carbons (Fsp3) is 0.308. The van der Waals surface area contributed by atoms with Crippen LogP contribution in [0.15, 0.2) is 17.2 Å². The molecule has 114 valence electrons. The summed E-state index contributed by atoms with van der Waals surface area (Å²) in [6.07, 6.45) is 1.35. The van der Waals surface area contributed by atoms with Gasteiger partial charge in [-0.05, 0) is 54.1 Å². The average Bonchev–Trinajstić information content (AvgIpc) is 2.41. The van der Waals surface area contributed by atoms with E-state index in [0.29, 0.717) is 14.9 Å². The Kier molecular flexibility index (Phi) is 6.40. The summed E-state index contributed by atoms with van der Waals surface area (Å²) in [5.74, 6) is -1.26. The molecule has 8 heteroatoms. The second-order valence-electron chi connectivity index (χ2n) is 4.38. The van der Waals surface area contributed by atoms with Gasteiger partial charge in [-0.25, -0.2) is 5.43 Å². The van der Waals surface area contributed by atoms with Crippen molar-refractivity contribution in [1.82, 2.24) is 10.7 Å². The van der Waals surface area contributed by atoms with Crippen LogP contribution in [-0.4, -0.2) is 36.3 Å². The molecular formula is C13H16IN3O4. The number of halogens is 1. The molecule has 0 fully saturated rings. The predicted molar refractivity (Wildman–Crippen MR) is 86.4 cm³/mol. The topological polar surface area (TPSA) is 100 Å². The Labute approximate surface area is 135 Å². The highest BCUT2D eigenvalue weighted by Crippen LogP contribution is 2.31. The summed E-state index contributed by atoms with van der Waals surface area (Å²) < 4.78 is 5.59. The predicted octanol–water partition coefficient (Wildman–Crippen LogP) is 0.980. The maximum atomic E-state index is 11.4. The van der Waals surface area contributed by atoms with Crippen LogP contribution in [0, 0.1) is 3.57 Å². The molecule has 0 heterocycles. The second kappa shape index (κ2) is 7.81. The number of carbonyl (C=O) groups is 2. The molecule has 0 unspecified atom stereocenters. The molecule has 0 saturated heterocycles. The first kappa shape index (κ1) is 17.2. The Morgan fingerprint density at radius 2 is 2.05 bits per heavy atom. The lowest BCUT2D eigenvalue weighted by Crippen LogP contribution is -2.41. The van der Waals surface area contributed by atoms with Crippen LogP contribution in [0.2, 0.25) is 0 Å². The number of aromatic hydroxyl groups is 1. The van der Waals surface area contributed by atoms with E-state index in [-0.39, 0.29) is 11.8 Å². The molecule has 0 spiro atoms. The number of nitrogens with one attached hydrogen (secondary N) is 2. The summed E-state index contributed by atoms with van der Waals surface area (Å²) in [4.78, 5) is 22.8. The Bertz CT molecular complexity index is 573. The van der Waals surface area contributed by atoms with E-state index in [1.165, 1.54) is 13.3 Å². The van der Waals surface area contributed by atoms with E-state index in [0.717, 1.165) is 0 Å². The van der Waals surface area contributed by atoms with E-state index in [1.807, 2.05) is 22.6 Å². The van der Waals surface area contributed by atoms with Crippen LogP contribution in [0.5, 0.6) is 11.5 Å². The summed E-state index contributed by atoms with van der Waals surface area (Å²) in [5, 5.41) is 15.8. The smallest absolute Gasteiger partial charge is 0.329 e. The summed E-state index contributed by atoms with van der Waals surface area (Å²) >= 11 is 1.94. The number of carbonyl (C=O) groups excluding carboxylic acids is 2. The fourth-order valence-corrected chi connectivity index (χ4v) is 1.99. The van der Waals surface area contributed by atoms with Gasteiger partial charge in [0.1, 0.15) is 0 Å². The van der Waals surface area contributed by atoms with Gasteiger partial charge < -0.3 is 15.2 Å². The number of hydrogen-bond donors (Lipinski definition) is 3. The van der Waals surface area contributed by atoms with E-state index < -0.39 is 11.8 Å². The Morgan fingerprint density at radius 1 is 1.38 bits per heavy atom. The van der Waals surface area contributed by atoms with Gasteiger partial charge in [0.25, 0.3) is 0 Å². The minimum Gasteiger partial charge on any atom is -0.504 e. The number of benzene rings is 1. The Hall–Kier alpha value is -1.84. The molecular weight excluding hydrogens is 389 g/mol. The number of nitrogens with zero attached hydrogens (tertiary/aromatic N) is 1. The molecule has 3 N–H and O–H groups in total. The molecule has 1 aromatic carbocycles. The fourth-order valence-electron chi connectivity index (χ4n) is 1.37. The number of ether oxygens (including phenoxy) is 1. The first-order valence-electron chi connectivity index (χ1n) is 6.05. The molecule has 0 aliphatic rings. The van der Waals surface area contributed by atoms with Crippen molar-refractivity contribution in [2.24, 2.45) is 5.10 Å². The number of hydrazone groups is 1. The van der Waals surface area contributed by atoms with Crippen molar-refractivity contribution < 1.29 is 19.4 Å². The summed E-state index contributed by atoms with van der Waals surface area (Å²) in [6.45, 7) is 3.50. The van der Waals surface area contributed by atoms with Crippen molar-refractivity contribution in [3.63, 3.8) is 0 Å². The number of phenolic OH excluding ortho intramolecular Hbond substituents is 1. The van der Waals surface area contributed by atoms with Gasteiger partial charge >= 0.3 is 11.8 Å². The zero-order valence-electron chi connectivity index (χ0n) is 11.8. The zero-order valence-corrected chi connectivity index (χ0v) is 14.0. The normalized spacial score (nSPS) is 10.7. The molecule has 0 radical (unpaired) electrons.